The second kappa shape index (κ2) is 5.22. The van der Waals surface area contributed by atoms with Gasteiger partial charge in [-0.05, 0) is 38.1 Å². The van der Waals surface area contributed by atoms with Crippen molar-refractivity contribution in [1.82, 2.24) is 0 Å². The molecule has 0 saturated heterocycles. The Bertz CT molecular complexity index is 164. The van der Waals surface area contributed by atoms with Crippen LogP contribution in [0.5, 0.6) is 0 Å². The standard InChI is InChI=1S/C10H19NO2/c11-7-3-6-9(10(12)13)8-4-1-2-5-8/h8-9H,1-7,11H2,(H,12,13). The van der Waals surface area contributed by atoms with E-state index in [9.17, 15) is 4.79 Å². The SMILES string of the molecule is NCCCC(C(=O)O)C1CCCC1. The molecule has 1 aliphatic rings. The molecule has 1 saturated carbocycles. The molecule has 3 N–H and O–H groups in total. The molecule has 1 atom stereocenters. The summed E-state index contributed by atoms with van der Waals surface area (Å²) in [5.41, 5.74) is 5.38. The third-order valence-corrected chi connectivity index (χ3v) is 3.01. The van der Waals surface area contributed by atoms with Crippen molar-refractivity contribution in [2.24, 2.45) is 17.6 Å². The molecule has 76 valence electrons. The minimum absolute atomic E-state index is 0.133. The molecule has 1 rings (SSSR count). The first-order chi connectivity index (χ1) is 6.25. The van der Waals surface area contributed by atoms with E-state index in [2.05, 4.69) is 0 Å². The number of carboxylic acids is 1. The van der Waals surface area contributed by atoms with Crippen molar-refractivity contribution >= 4 is 5.97 Å². The molecule has 0 aromatic carbocycles. The zero-order valence-electron chi connectivity index (χ0n) is 8.04. The Labute approximate surface area is 79.3 Å². The van der Waals surface area contributed by atoms with Gasteiger partial charge >= 0.3 is 5.97 Å². The Morgan fingerprint density at radius 3 is 2.54 bits per heavy atom. The first kappa shape index (κ1) is 10.5. The average Bonchev–Trinajstić information content (AvgIpc) is 2.57. The van der Waals surface area contributed by atoms with Crippen LogP contribution in [0.4, 0.5) is 0 Å². The van der Waals surface area contributed by atoms with Crippen LogP contribution in [-0.4, -0.2) is 17.6 Å². The summed E-state index contributed by atoms with van der Waals surface area (Å²) in [5.74, 6) is -0.338. The third-order valence-electron chi connectivity index (χ3n) is 3.01. The number of hydrogen-bond donors (Lipinski definition) is 2. The molecule has 0 aliphatic heterocycles. The molecule has 0 amide bonds. The molecular weight excluding hydrogens is 166 g/mol. The Balaban J connectivity index is 2.40. The van der Waals surface area contributed by atoms with E-state index in [1.54, 1.807) is 0 Å². The molecule has 13 heavy (non-hydrogen) atoms. The summed E-state index contributed by atoms with van der Waals surface area (Å²) in [6, 6.07) is 0. The van der Waals surface area contributed by atoms with Crippen molar-refractivity contribution in [3.63, 3.8) is 0 Å². The summed E-state index contributed by atoms with van der Waals surface area (Å²) in [6.07, 6.45) is 6.21. The van der Waals surface area contributed by atoms with Crippen LogP contribution in [-0.2, 0) is 4.79 Å². The lowest BCUT2D eigenvalue weighted by Crippen LogP contribution is -2.22. The minimum Gasteiger partial charge on any atom is -0.481 e. The number of hydrogen-bond acceptors (Lipinski definition) is 2. The summed E-state index contributed by atoms with van der Waals surface area (Å²) in [6.45, 7) is 0.608. The van der Waals surface area contributed by atoms with Crippen molar-refractivity contribution < 1.29 is 9.90 Å². The maximum atomic E-state index is 11.0. The van der Waals surface area contributed by atoms with Gasteiger partial charge in [0.15, 0.2) is 0 Å². The normalized spacial score (nSPS) is 20.4. The van der Waals surface area contributed by atoms with Gasteiger partial charge in [-0.3, -0.25) is 4.79 Å². The van der Waals surface area contributed by atoms with Gasteiger partial charge in [-0.25, -0.2) is 0 Å². The van der Waals surface area contributed by atoms with E-state index in [0.717, 1.165) is 25.7 Å². The number of carboxylic acid groups (broad SMARTS) is 1. The van der Waals surface area contributed by atoms with E-state index in [-0.39, 0.29) is 5.92 Å². The highest BCUT2D eigenvalue weighted by Crippen LogP contribution is 2.33. The Morgan fingerprint density at radius 2 is 2.08 bits per heavy atom. The predicted octanol–water partition coefficient (Wildman–Crippen LogP) is 1.62. The highest BCUT2D eigenvalue weighted by molar-refractivity contribution is 5.70. The first-order valence-corrected chi connectivity index (χ1v) is 5.18. The Kier molecular flexibility index (Phi) is 4.22. The van der Waals surface area contributed by atoms with Crippen molar-refractivity contribution in [1.29, 1.82) is 0 Å². The van der Waals surface area contributed by atoms with Crippen LogP contribution in [0.15, 0.2) is 0 Å². The fraction of sp³-hybridized carbons (Fsp3) is 0.900. The Hall–Kier alpha value is -0.570. The predicted molar refractivity (Wildman–Crippen MR) is 51.4 cm³/mol. The molecule has 0 aromatic heterocycles. The Morgan fingerprint density at radius 1 is 1.46 bits per heavy atom. The second-order valence-corrected chi connectivity index (χ2v) is 3.92. The summed E-state index contributed by atoms with van der Waals surface area (Å²) >= 11 is 0. The quantitative estimate of drug-likeness (QED) is 0.684. The second-order valence-electron chi connectivity index (χ2n) is 3.92. The lowest BCUT2D eigenvalue weighted by Gasteiger charge is -2.18. The number of nitrogens with two attached hydrogens (primary N) is 1. The summed E-state index contributed by atoms with van der Waals surface area (Å²) in [7, 11) is 0. The maximum Gasteiger partial charge on any atom is 0.306 e. The van der Waals surface area contributed by atoms with Crippen molar-refractivity contribution in [3.05, 3.63) is 0 Å². The molecular formula is C10H19NO2. The van der Waals surface area contributed by atoms with Gasteiger partial charge in [0.05, 0.1) is 5.92 Å². The molecule has 1 aliphatic carbocycles. The van der Waals surface area contributed by atoms with E-state index in [1.807, 2.05) is 0 Å². The first-order valence-electron chi connectivity index (χ1n) is 5.18. The zero-order valence-corrected chi connectivity index (χ0v) is 8.04. The van der Waals surface area contributed by atoms with E-state index in [0.29, 0.717) is 12.5 Å². The molecule has 3 heteroatoms. The lowest BCUT2D eigenvalue weighted by atomic mass is 9.87. The van der Waals surface area contributed by atoms with E-state index < -0.39 is 5.97 Å². The summed E-state index contributed by atoms with van der Waals surface area (Å²) in [4.78, 5) is 11.0. The van der Waals surface area contributed by atoms with Gasteiger partial charge < -0.3 is 10.8 Å². The smallest absolute Gasteiger partial charge is 0.306 e. The van der Waals surface area contributed by atoms with Crippen LogP contribution in [0.2, 0.25) is 0 Å². The maximum absolute atomic E-state index is 11.0. The highest BCUT2D eigenvalue weighted by Gasteiger charge is 2.29. The summed E-state index contributed by atoms with van der Waals surface area (Å²) in [5, 5.41) is 9.02. The van der Waals surface area contributed by atoms with Gasteiger partial charge in [0.25, 0.3) is 0 Å². The molecule has 0 heterocycles. The van der Waals surface area contributed by atoms with E-state index in [4.69, 9.17) is 10.8 Å². The van der Waals surface area contributed by atoms with Crippen molar-refractivity contribution in [3.8, 4) is 0 Å². The fourth-order valence-corrected chi connectivity index (χ4v) is 2.26. The molecule has 1 fully saturated rings. The van der Waals surface area contributed by atoms with Crippen LogP contribution in [0.3, 0.4) is 0 Å². The van der Waals surface area contributed by atoms with Gasteiger partial charge in [0.1, 0.15) is 0 Å². The zero-order chi connectivity index (χ0) is 9.68. The number of aliphatic carboxylic acids is 1. The average molecular weight is 185 g/mol. The van der Waals surface area contributed by atoms with Crippen molar-refractivity contribution in [2.45, 2.75) is 38.5 Å². The molecule has 0 aromatic rings. The van der Waals surface area contributed by atoms with Gasteiger partial charge in [-0.2, -0.15) is 0 Å². The summed E-state index contributed by atoms with van der Waals surface area (Å²) < 4.78 is 0. The van der Waals surface area contributed by atoms with Crippen LogP contribution >= 0.6 is 0 Å². The largest absolute Gasteiger partial charge is 0.481 e. The van der Waals surface area contributed by atoms with Gasteiger partial charge in [-0.1, -0.05) is 12.8 Å². The van der Waals surface area contributed by atoms with Gasteiger partial charge in [-0.15, -0.1) is 0 Å². The van der Waals surface area contributed by atoms with E-state index in [1.165, 1.54) is 12.8 Å². The highest BCUT2D eigenvalue weighted by atomic mass is 16.4. The topological polar surface area (TPSA) is 63.3 Å². The van der Waals surface area contributed by atoms with Gasteiger partial charge in [0, 0.05) is 0 Å². The molecule has 1 unspecified atom stereocenters. The van der Waals surface area contributed by atoms with Crippen LogP contribution < -0.4 is 5.73 Å². The third kappa shape index (κ3) is 2.99. The van der Waals surface area contributed by atoms with Gasteiger partial charge in [0.2, 0.25) is 0 Å². The number of rotatable bonds is 5. The minimum atomic E-state index is -0.625. The lowest BCUT2D eigenvalue weighted by molar-refractivity contribution is -0.143. The molecule has 3 nitrogen and oxygen atoms in total. The van der Waals surface area contributed by atoms with E-state index >= 15 is 0 Å². The molecule has 0 radical (unpaired) electrons. The van der Waals surface area contributed by atoms with Crippen molar-refractivity contribution in [2.75, 3.05) is 6.54 Å². The van der Waals surface area contributed by atoms with Crippen LogP contribution in [0, 0.1) is 11.8 Å². The molecule has 0 spiro atoms. The van der Waals surface area contributed by atoms with Crippen LogP contribution in [0.1, 0.15) is 38.5 Å². The monoisotopic (exact) mass is 185 g/mol. The fourth-order valence-electron chi connectivity index (χ4n) is 2.26. The number of carbonyl (C=O) groups is 1. The van der Waals surface area contributed by atoms with Crippen LogP contribution in [0.25, 0.3) is 0 Å². The molecule has 0 bridgehead atoms.